The van der Waals surface area contributed by atoms with E-state index in [1.807, 2.05) is 0 Å². The van der Waals surface area contributed by atoms with Crippen LogP contribution in [0, 0.1) is 11.8 Å². The van der Waals surface area contributed by atoms with Crippen LogP contribution < -0.4 is 0 Å². The highest BCUT2D eigenvalue weighted by Crippen LogP contribution is 2.19. The Morgan fingerprint density at radius 2 is 0.585 bits per heavy atom. The third-order valence-corrected chi connectivity index (χ3v) is 13.8. The molecule has 0 saturated carbocycles. The van der Waals surface area contributed by atoms with E-state index in [9.17, 15) is 14.4 Å². The number of esters is 3. The third kappa shape index (κ3) is 51.6. The SMILES string of the molecule is CCCCCCCCCCCCCCCC(=O)OC[C@H](COC(=O)CCCCCCCCCCCCCCCCCCCCC(C)CC)OC(=O)CCCCCCCCCCCC(C)C. The van der Waals surface area contributed by atoms with Gasteiger partial charge < -0.3 is 14.2 Å². The van der Waals surface area contributed by atoms with Gasteiger partial charge in [-0.25, -0.2) is 0 Å². The second-order valence-corrected chi connectivity index (χ2v) is 21.0. The molecule has 0 aliphatic rings. The summed E-state index contributed by atoms with van der Waals surface area (Å²) in [5.74, 6) is 0.875. The molecule has 0 N–H and O–H groups in total. The Hall–Kier alpha value is -1.59. The lowest BCUT2D eigenvalue weighted by Crippen LogP contribution is -2.30. The van der Waals surface area contributed by atoms with Crippen LogP contribution in [-0.4, -0.2) is 37.2 Å². The summed E-state index contributed by atoms with van der Waals surface area (Å²) < 4.78 is 16.9. The fourth-order valence-corrected chi connectivity index (χ4v) is 9.02. The average molecular weight is 920 g/mol. The first kappa shape index (κ1) is 63.4. The Balaban J connectivity index is 4.21. The summed E-state index contributed by atoms with van der Waals surface area (Å²) in [6.07, 6.45) is 55.2. The molecule has 6 nitrogen and oxygen atoms in total. The zero-order valence-corrected chi connectivity index (χ0v) is 44.6. The smallest absolute Gasteiger partial charge is 0.306 e. The second-order valence-electron chi connectivity index (χ2n) is 21.0. The Bertz CT molecular complexity index is 995. The largest absolute Gasteiger partial charge is 0.462 e. The molecule has 6 heteroatoms. The molecule has 386 valence electrons. The van der Waals surface area contributed by atoms with Gasteiger partial charge in [-0.3, -0.25) is 14.4 Å². The first-order valence-corrected chi connectivity index (χ1v) is 29.3. The first-order chi connectivity index (χ1) is 31.8. The predicted molar refractivity (Wildman–Crippen MR) is 280 cm³/mol. The second kappa shape index (κ2) is 51.8. The average Bonchev–Trinajstić information content (AvgIpc) is 3.29. The van der Waals surface area contributed by atoms with Crippen molar-refractivity contribution in [3.8, 4) is 0 Å². The lowest BCUT2D eigenvalue weighted by molar-refractivity contribution is -0.167. The highest BCUT2D eigenvalue weighted by atomic mass is 16.6. The van der Waals surface area contributed by atoms with Crippen LogP contribution in [0.15, 0.2) is 0 Å². The molecule has 0 fully saturated rings. The van der Waals surface area contributed by atoms with Crippen molar-refractivity contribution in [2.75, 3.05) is 13.2 Å². The van der Waals surface area contributed by atoms with Crippen molar-refractivity contribution in [2.24, 2.45) is 11.8 Å². The molecule has 0 aromatic heterocycles. The van der Waals surface area contributed by atoms with Crippen LogP contribution in [0.5, 0.6) is 0 Å². The van der Waals surface area contributed by atoms with E-state index in [-0.39, 0.29) is 31.1 Å². The van der Waals surface area contributed by atoms with Gasteiger partial charge in [0.2, 0.25) is 0 Å². The van der Waals surface area contributed by atoms with Crippen LogP contribution in [0.4, 0.5) is 0 Å². The standard InChI is InChI=1S/C59H114O6/c1-6-8-9-10-11-12-13-20-24-29-34-39-44-49-57(60)63-52-56(65-59(62)51-46-41-36-31-26-27-32-37-42-47-54(3)4)53-64-58(61)50-45-40-35-30-25-22-19-17-15-14-16-18-21-23-28-33-38-43-48-55(5)7-2/h54-56H,6-53H2,1-5H3/t55?,56-/m1/s1. The normalized spacial score (nSPS) is 12.5. The molecule has 0 aromatic rings. The van der Waals surface area contributed by atoms with Crippen molar-refractivity contribution in [1.29, 1.82) is 0 Å². The minimum absolute atomic E-state index is 0.0630. The summed E-state index contributed by atoms with van der Waals surface area (Å²) in [5.41, 5.74) is 0. The van der Waals surface area contributed by atoms with Crippen LogP contribution in [0.25, 0.3) is 0 Å². The maximum Gasteiger partial charge on any atom is 0.306 e. The van der Waals surface area contributed by atoms with Gasteiger partial charge >= 0.3 is 17.9 Å². The maximum absolute atomic E-state index is 12.8. The minimum atomic E-state index is -0.762. The zero-order chi connectivity index (χ0) is 47.5. The number of unbranched alkanes of at least 4 members (excludes halogenated alkanes) is 37. The van der Waals surface area contributed by atoms with Gasteiger partial charge in [0.1, 0.15) is 13.2 Å². The van der Waals surface area contributed by atoms with Crippen LogP contribution in [0.2, 0.25) is 0 Å². The van der Waals surface area contributed by atoms with E-state index in [4.69, 9.17) is 14.2 Å². The van der Waals surface area contributed by atoms with Crippen LogP contribution in [-0.2, 0) is 28.6 Å². The van der Waals surface area contributed by atoms with Crippen molar-refractivity contribution >= 4 is 17.9 Å². The number of ether oxygens (including phenoxy) is 3. The minimum Gasteiger partial charge on any atom is -0.462 e. The van der Waals surface area contributed by atoms with E-state index in [0.717, 1.165) is 69.6 Å². The number of hydrogen-bond acceptors (Lipinski definition) is 6. The highest BCUT2D eigenvalue weighted by molar-refractivity contribution is 5.71. The lowest BCUT2D eigenvalue weighted by Gasteiger charge is -2.18. The first-order valence-electron chi connectivity index (χ1n) is 29.3. The molecule has 0 aromatic carbocycles. The van der Waals surface area contributed by atoms with E-state index < -0.39 is 6.10 Å². The van der Waals surface area contributed by atoms with Gasteiger partial charge in [0, 0.05) is 19.3 Å². The van der Waals surface area contributed by atoms with Gasteiger partial charge in [-0.1, -0.05) is 291 Å². The summed E-state index contributed by atoms with van der Waals surface area (Å²) in [7, 11) is 0. The van der Waals surface area contributed by atoms with Crippen LogP contribution in [0.3, 0.4) is 0 Å². The summed E-state index contributed by atoms with van der Waals surface area (Å²) in [6.45, 7) is 11.4. The van der Waals surface area contributed by atoms with Gasteiger partial charge in [0.15, 0.2) is 6.10 Å². The molecule has 0 aliphatic carbocycles. The van der Waals surface area contributed by atoms with Gasteiger partial charge in [0.25, 0.3) is 0 Å². The monoisotopic (exact) mass is 919 g/mol. The van der Waals surface area contributed by atoms with Gasteiger partial charge in [-0.15, -0.1) is 0 Å². The number of hydrogen-bond donors (Lipinski definition) is 0. The van der Waals surface area contributed by atoms with E-state index in [1.54, 1.807) is 0 Å². The van der Waals surface area contributed by atoms with E-state index in [0.29, 0.717) is 19.3 Å². The molecule has 0 radical (unpaired) electrons. The molecule has 65 heavy (non-hydrogen) atoms. The van der Waals surface area contributed by atoms with Crippen molar-refractivity contribution in [1.82, 2.24) is 0 Å². The van der Waals surface area contributed by atoms with Crippen LogP contribution >= 0.6 is 0 Å². The lowest BCUT2D eigenvalue weighted by atomic mass is 9.99. The van der Waals surface area contributed by atoms with Crippen molar-refractivity contribution in [2.45, 2.75) is 336 Å². The molecular weight excluding hydrogens is 805 g/mol. The molecule has 0 amide bonds. The van der Waals surface area contributed by atoms with Gasteiger partial charge in [-0.2, -0.15) is 0 Å². The molecule has 1 unspecified atom stereocenters. The Labute approximate surface area is 406 Å². The predicted octanol–water partition coefficient (Wildman–Crippen LogP) is 19.3. The highest BCUT2D eigenvalue weighted by Gasteiger charge is 2.19. The molecule has 0 aliphatic heterocycles. The maximum atomic E-state index is 12.8. The number of carbonyl (C=O) groups is 3. The third-order valence-electron chi connectivity index (χ3n) is 13.8. The van der Waals surface area contributed by atoms with Gasteiger partial charge in [0.05, 0.1) is 0 Å². The summed E-state index contributed by atoms with van der Waals surface area (Å²) in [5, 5.41) is 0. The summed E-state index contributed by atoms with van der Waals surface area (Å²) >= 11 is 0. The quantitative estimate of drug-likeness (QED) is 0.0344. The van der Waals surface area contributed by atoms with Crippen molar-refractivity contribution in [3.05, 3.63) is 0 Å². The Morgan fingerprint density at radius 1 is 0.323 bits per heavy atom. The van der Waals surface area contributed by atoms with Crippen LogP contribution in [0.1, 0.15) is 330 Å². The molecule has 0 rings (SSSR count). The molecular formula is C59H114O6. The topological polar surface area (TPSA) is 78.9 Å². The zero-order valence-electron chi connectivity index (χ0n) is 44.6. The van der Waals surface area contributed by atoms with E-state index >= 15 is 0 Å². The fraction of sp³-hybridized carbons (Fsp3) is 0.949. The van der Waals surface area contributed by atoms with Crippen molar-refractivity contribution < 1.29 is 28.6 Å². The Kier molecular flexibility index (Phi) is 50.5. The number of carbonyl (C=O) groups excluding carboxylic acids is 3. The van der Waals surface area contributed by atoms with E-state index in [2.05, 4.69) is 34.6 Å². The van der Waals surface area contributed by atoms with Gasteiger partial charge in [-0.05, 0) is 31.1 Å². The molecule has 0 bridgehead atoms. The molecule has 2 atom stereocenters. The van der Waals surface area contributed by atoms with E-state index in [1.165, 1.54) is 218 Å². The molecule has 0 heterocycles. The Morgan fingerprint density at radius 3 is 0.877 bits per heavy atom. The number of rotatable bonds is 53. The summed E-state index contributed by atoms with van der Waals surface area (Å²) in [6, 6.07) is 0. The molecule has 0 spiro atoms. The summed E-state index contributed by atoms with van der Waals surface area (Å²) in [4.78, 5) is 38.1. The van der Waals surface area contributed by atoms with Crippen molar-refractivity contribution in [3.63, 3.8) is 0 Å². The fourth-order valence-electron chi connectivity index (χ4n) is 9.02. The molecule has 0 saturated heterocycles.